The predicted octanol–water partition coefficient (Wildman–Crippen LogP) is 3.76. The molecular weight excluding hydrogens is 295 g/mol. The van der Waals surface area contributed by atoms with Gasteiger partial charge < -0.3 is 4.18 Å². The van der Waals surface area contributed by atoms with E-state index in [1.165, 1.54) is 24.3 Å². The molecule has 0 aromatic heterocycles. The molecule has 2 rings (SSSR count). The zero-order valence-corrected chi connectivity index (χ0v) is 11.3. The average molecular weight is 303 g/mol. The predicted molar refractivity (Wildman–Crippen MR) is 70.7 cm³/mol. The molecule has 0 unspecified atom stereocenters. The van der Waals surface area contributed by atoms with Crippen molar-refractivity contribution in [3.05, 3.63) is 58.6 Å². The third-order valence-electron chi connectivity index (χ3n) is 2.13. The molecule has 0 amide bonds. The minimum absolute atomic E-state index is 0.0679. The van der Waals surface area contributed by atoms with E-state index in [9.17, 15) is 8.42 Å². The zero-order valence-electron chi connectivity index (χ0n) is 9.01. The van der Waals surface area contributed by atoms with Gasteiger partial charge in [-0.15, -0.1) is 0 Å². The number of hydrogen-bond acceptors (Lipinski definition) is 3. The first-order valence-electron chi connectivity index (χ1n) is 4.93. The summed E-state index contributed by atoms with van der Waals surface area (Å²) in [6.45, 7) is 0. The van der Waals surface area contributed by atoms with Crippen molar-refractivity contribution in [1.82, 2.24) is 0 Å². The largest absolute Gasteiger partial charge is 0.379 e. The lowest BCUT2D eigenvalue weighted by atomic mass is 10.3. The van der Waals surface area contributed by atoms with Gasteiger partial charge in [-0.05, 0) is 36.4 Å². The SMILES string of the molecule is O=S(=O)(Oc1ccc(Cl)cc1)c1ccccc1Cl. The Balaban J connectivity index is 2.33. The first kappa shape index (κ1) is 13.2. The second-order valence-corrected chi connectivity index (χ2v) is 5.78. The molecule has 0 saturated heterocycles. The fourth-order valence-electron chi connectivity index (χ4n) is 1.31. The molecule has 0 saturated carbocycles. The van der Waals surface area contributed by atoms with Crippen molar-refractivity contribution in [2.45, 2.75) is 4.90 Å². The lowest BCUT2D eigenvalue weighted by molar-refractivity contribution is 0.486. The van der Waals surface area contributed by atoms with Crippen LogP contribution >= 0.6 is 23.2 Å². The highest BCUT2D eigenvalue weighted by molar-refractivity contribution is 7.87. The van der Waals surface area contributed by atoms with E-state index in [2.05, 4.69) is 0 Å². The minimum atomic E-state index is -3.93. The monoisotopic (exact) mass is 302 g/mol. The van der Waals surface area contributed by atoms with E-state index >= 15 is 0 Å². The van der Waals surface area contributed by atoms with Gasteiger partial charge in [0.2, 0.25) is 0 Å². The van der Waals surface area contributed by atoms with Crippen molar-refractivity contribution in [2.24, 2.45) is 0 Å². The summed E-state index contributed by atoms with van der Waals surface area (Å²) >= 11 is 11.5. The Kier molecular flexibility index (Phi) is 3.80. The molecular formula is C12H8Cl2O3S. The van der Waals surface area contributed by atoms with Crippen LogP contribution in [0.5, 0.6) is 5.75 Å². The molecule has 2 aromatic rings. The third-order valence-corrected chi connectivity index (χ3v) is 4.13. The van der Waals surface area contributed by atoms with Gasteiger partial charge >= 0.3 is 10.1 Å². The van der Waals surface area contributed by atoms with Crippen molar-refractivity contribution >= 4 is 33.3 Å². The van der Waals surface area contributed by atoms with Crippen molar-refractivity contribution in [1.29, 1.82) is 0 Å². The Labute approximate surface area is 115 Å². The van der Waals surface area contributed by atoms with Crippen LogP contribution in [-0.2, 0) is 10.1 Å². The summed E-state index contributed by atoms with van der Waals surface area (Å²) in [6, 6.07) is 12.1. The van der Waals surface area contributed by atoms with Crippen molar-refractivity contribution < 1.29 is 12.6 Å². The Morgan fingerprint density at radius 1 is 0.889 bits per heavy atom. The highest BCUT2D eigenvalue weighted by Crippen LogP contribution is 2.25. The highest BCUT2D eigenvalue weighted by Gasteiger charge is 2.19. The number of hydrogen-bond donors (Lipinski definition) is 0. The van der Waals surface area contributed by atoms with Crippen LogP contribution < -0.4 is 4.18 Å². The quantitative estimate of drug-likeness (QED) is 0.811. The molecule has 3 nitrogen and oxygen atoms in total. The van der Waals surface area contributed by atoms with Crippen molar-refractivity contribution in [3.63, 3.8) is 0 Å². The van der Waals surface area contributed by atoms with Crippen LogP contribution in [0.2, 0.25) is 10.0 Å². The Morgan fingerprint density at radius 2 is 1.50 bits per heavy atom. The third kappa shape index (κ3) is 2.96. The Hall–Kier alpha value is -1.23. The molecule has 0 aliphatic carbocycles. The van der Waals surface area contributed by atoms with Crippen LogP contribution in [0, 0.1) is 0 Å². The second kappa shape index (κ2) is 5.18. The molecule has 0 heterocycles. The standard InChI is InChI=1S/C12H8Cl2O3S/c13-9-5-7-10(8-6-9)17-18(15,16)12-4-2-1-3-11(12)14/h1-8H. The molecule has 0 bridgehead atoms. The van der Waals surface area contributed by atoms with E-state index in [0.29, 0.717) is 5.02 Å². The minimum Gasteiger partial charge on any atom is -0.379 e. The fourth-order valence-corrected chi connectivity index (χ4v) is 2.86. The Bertz CT molecular complexity index is 651. The van der Waals surface area contributed by atoms with Gasteiger partial charge in [0.1, 0.15) is 10.6 Å². The molecule has 6 heteroatoms. The van der Waals surface area contributed by atoms with E-state index in [4.69, 9.17) is 27.4 Å². The summed E-state index contributed by atoms with van der Waals surface area (Å²) in [6.07, 6.45) is 0. The lowest BCUT2D eigenvalue weighted by Crippen LogP contribution is -2.10. The van der Waals surface area contributed by atoms with Gasteiger partial charge in [-0.1, -0.05) is 35.3 Å². The van der Waals surface area contributed by atoms with Crippen LogP contribution in [0.15, 0.2) is 53.4 Å². The molecule has 0 atom stereocenters. The summed E-state index contributed by atoms with van der Waals surface area (Å²) in [5, 5.41) is 0.615. The molecule has 0 aliphatic heterocycles. The smallest absolute Gasteiger partial charge is 0.340 e. The van der Waals surface area contributed by atoms with Crippen LogP contribution in [0.25, 0.3) is 0 Å². The van der Waals surface area contributed by atoms with Gasteiger partial charge in [-0.25, -0.2) is 0 Å². The first-order valence-corrected chi connectivity index (χ1v) is 7.10. The highest BCUT2D eigenvalue weighted by atomic mass is 35.5. The summed E-state index contributed by atoms with van der Waals surface area (Å²) in [7, 11) is -3.93. The second-order valence-electron chi connectivity index (χ2n) is 3.42. The topological polar surface area (TPSA) is 43.4 Å². The van der Waals surface area contributed by atoms with Crippen LogP contribution in [-0.4, -0.2) is 8.42 Å². The van der Waals surface area contributed by atoms with Crippen molar-refractivity contribution in [3.8, 4) is 5.75 Å². The average Bonchev–Trinajstić information content (AvgIpc) is 2.32. The maximum Gasteiger partial charge on any atom is 0.340 e. The van der Waals surface area contributed by atoms with Crippen LogP contribution in [0.1, 0.15) is 0 Å². The molecule has 0 N–H and O–H groups in total. The number of rotatable bonds is 3. The van der Waals surface area contributed by atoms with Gasteiger partial charge in [-0.2, -0.15) is 8.42 Å². The van der Waals surface area contributed by atoms with E-state index in [1.807, 2.05) is 0 Å². The number of benzene rings is 2. The van der Waals surface area contributed by atoms with Crippen molar-refractivity contribution in [2.75, 3.05) is 0 Å². The molecule has 0 fully saturated rings. The molecule has 18 heavy (non-hydrogen) atoms. The molecule has 94 valence electrons. The Morgan fingerprint density at radius 3 is 2.11 bits per heavy atom. The number of halogens is 2. The molecule has 2 aromatic carbocycles. The summed E-state index contributed by atoms with van der Waals surface area (Å²) in [5.74, 6) is 0.180. The van der Waals surface area contributed by atoms with Crippen LogP contribution in [0.4, 0.5) is 0 Å². The fraction of sp³-hybridized carbons (Fsp3) is 0. The van der Waals surface area contributed by atoms with E-state index in [0.717, 1.165) is 0 Å². The van der Waals surface area contributed by atoms with Gasteiger partial charge in [-0.3, -0.25) is 0 Å². The summed E-state index contributed by atoms with van der Waals surface area (Å²) < 4.78 is 28.9. The van der Waals surface area contributed by atoms with Gasteiger partial charge in [0, 0.05) is 5.02 Å². The first-order chi connectivity index (χ1) is 8.49. The lowest BCUT2D eigenvalue weighted by Gasteiger charge is -2.08. The summed E-state index contributed by atoms with van der Waals surface area (Å²) in [4.78, 5) is -0.0679. The zero-order chi connectivity index (χ0) is 13.2. The van der Waals surface area contributed by atoms with Gasteiger partial charge in [0.15, 0.2) is 0 Å². The maximum absolute atomic E-state index is 12.0. The van der Waals surface area contributed by atoms with E-state index in [1.54, 1.807) is 24.3 Å². The normalized spacial score (nSPS) is 11.2. The van der Waals surface area contributed by atoms with E-state index < -0.39 is 10.1 Å². The van der Waals surface area contributed by atoms with Gasteiger partial charge in [0.05, 0.1) is 5.02 Å². The van der Waals surface area contributed by atoms with E-state index in [-0.39, 0.29) is 15.7 Å². The van der Waals surface area contributed by atoms with Gasteiger partial charge in [0.25, 0.3) is 0 Å². The van der Waals surface area contributed by atoms with Crippen LogP contribution in [0.3, 0.4) is 0 Å². The summed E-state index contributed by atoms with van der Waals surface area (Å²) in [5.41, 5.74) is 0. The maximum atomic E-state index is 12.0. The molecule has 0 aliphatic rings. The molecule has 0 spiro atoms. The molecule has 0 radical (unpaired) electrons.